The molecular weight excluding hydrogens is 300 g/mol. The molecule has 0 bridgehead atoms. The number of ether oxygens (including phenoxy) is 3. The Balaban J connectivity index is 4.42. The molecule has 0 aliphatic carbocycles. The maximum atomic E-state index is 6.03. The summed E-state index contributed by atoms with van der Waals surface area (Å²) in [5.74, 6) is 0. The lowest BCUT2D eigenvalue weighted by Crippen LogP contribution is -2.38. The molecule has 0 N–H and O–H groups in total. The van der Waals surface area contributed by atoms with Crippen molar-refractivity contribution in [3.8, 4) is 0 Å². The van der Waals surface area contributed by atoms with Gasteiger partial charge in [0.15, 0.2) is 0 Å². The monoisotopic (exact) mass is 344 g/mol. The largest absolute Gasteiger partial charge is 0.381 e. The summed E-state index contributed by atoms with van der Waals surface area (Å²) in [6, 6.07) is 0. The van der Waals surface area contributed by atoms with Crippen molar-refractivity contribution in [2.24, 2.45) is 16.2 Å². The van der Waals surface area contributed by atoms with E-state index in [1.807, 2.05) is 0 Å². The van der Waals surface area contributed by atoms with Crippen molar-refractivity contribution in [2.75, 3.05) is 33.0 Å². The first-order valence-electron chi connectivity index (χ1n) is 9.42. The molecule has 0 unspecified atom stereocenters. The summed E-state index contributed by atoms with van der Waals surface area (Å²) >= 11 is 0. The Morgan fingerprint density at radius 2 is 0.917 bits per heavy atom. The average molecular weight is 345 g/mol. The van der Waals surface area contributed by atoms with E-state index in [0.717, 1.165) is 26.1 Å². The SMILES string of the molecule is CC(C)(C)CCOCC(C)(COCCC(C)(C)C)COC(C)(C)C. The van der Waals surface area contributed by atoms with Crippen LogP contribution in [0.5, 0.6) is 0 Å². The van der Waals surface area contributed by atoms with E-state index >= 15 is 0 Å². The second-order valence-electron chi connectivity index (χ2n) is 10.9. The van der Waals surface area contributed by atoms with E-state index in [1.165, 1.54) is 0 Å². The molecule has 0 atom stereocenters. The Labute approximate surface area is 151 Å². The predicted octanol–water partition coefficient (Wildman–Crippen LogP) is 5.71. The average Bonchev–Trinajstić information content (AvgIpc) is 2.35. The van der Waals surface area contributed by atoms with Crippen molar-refractivity contribution in [1.82, 2.24) is 0 Å². The van der Waals surface area contributed by atoms with Gasteiger partial charge in [-0.25, -0.2) is 0 Å². The fourth-order valence-corrected chi connectivity index (χ4v) is 1.91. The number of hydrogen-bond donors (Lipinski definition) is 0. The lowest BCUT2D eigenvalue weighted by molar-refractivity contribution is -0.102. The van der Waals surface area contributed by atoms with Crippen molar-refractivity contribution < 1.29 is 14.2 Å². The third-order valence-electron chi connectivity index (χ3n) is 3.75. The van der Waals surface area contributed by atoms with Crippen molar-refractivity contribution >= 4 is 0 Å². The Morgan fingerprint density at radius 1 is 0.542 bits per heavy atom. The van der Waals surface area contributed by atoms with Crippen LogP contribution in [0.25, 0.3) is 0 Å². The van der Waals surface area contributed by atoms with Gasteiger partial charge in [0, 0.05) is 18.6 Å². The van der Waals surface area contributed by atoms with Crippen LogP contribution < -0.4 is 0 Å². The second kappa shape index (κ2) is 9.54. The Bertz CT molecular complexity index is 306. The standard InChI is InChI=1S/C21H44O3/c1-18(2,3)11-13-22-15-21(10,17-24-20(7,8)9)16-23-14-12-19(4,5)6/h11-17H2,1-10H3. The zero-order chi connectivity index (χ0) is 19.1. The molecule has 3 nitrogen and oxygen atoms in total. The third kappa shape index (κ3) is 15.4. The van der Waals surface area contributed by atoms with Gasteiger partial charge in [0.1, 0.15) is 0 Å². The van der Waals surface area contributed by atoms with E-state index in [-0.39, 0.29) is 11.0 Å². The molecule has 0 rings (SSSR count). The van der Waals surface area contributed by atoms with Gasteiger partial charge in [-0.05, 0) is 44.4 Å². The molecular formula is C21H44O3. The minimum Gasteiger partial charge on any atom is -0.381 e. The molecule has 0 saturated carbocycles. The minimum absolute atomic E-state index is 0.108. The molecule has 146 valence electrons. The first kappa shape index (κ1) is 23.9. The minimum atomic E-state index is -0.141. The van der Waals surface area contributed by atoms with Crippen LogP contribution in [0, 0.1) is 16.2 Å². The summed E-state index contributed by atoms with van der Waals surface area (Å²) in [7, 11) is 0. The molecule has 0 aromatic rings. The van der Waals surface area contributed by atoms with Gasteiger partial charge in [0.05, 0.1) is 25.4 Å². The van der Waals surface area contributed by atoms with Crippen LogP contribution in [-0.4, -0.2) is 38.6 Å². The van der Waals surface area contributed by atoms with E-state index in [9.17, 15) is 0 Å². The highest BCUT2D eigenvalue weighted by atomic mass is 16.5. The second-order valence-corrected chi connectivity index (χ2v) is 10.9. The molecule has 0 heterocycles. The molecule has 0 amide bonds. The van der Waals surface area contributed by atoms with Crippen LogP contribution >= 0.6 is 0 Å². The highest BCUT2D eigenvalue weighted by molar-refractivity contribution is 4.76. The molecule has 0 aliphatic heterocycles. The van der Waals surface area contributed by atoms with Crippen LogP contribution in [0.3, 0.4) is 0 Å². The van der Waals surface area contributed by atoms with E-state index in [1.54, 1.807) is 0 Å². The predicted molar refractivity (Wildman–Crippen MR) is 104 cm³/mol. The third-order valence-corrected chi connectivity index (χ3v) is 3.75. The lowest BCUT2D eigenvalue weighted by Gasteiger charge is -2.33. The summed E-state index contributed by atoms with van der Waals surface area (Å²) in [5.41, 5.74) is 0.365. The maximum Gasteiger partial charge on any atom is 0.0598 e. The van der Waals surface area contributed by atoms with Crippen LogP contribution in [0.15, 0.2) is 0 Å². The molecule has 0 aromatic heterocycles. The normalized spacial score (nSPS) is 14.2. The van der Waals surface area contributed by atoms with E-state index in [0.29, 0.717) is 30.7 Å². The first-order valence-corrected chi connectivity index (χ1v) is 9.42. The van der Waals surface area contributed by atoms with E-state index in [4.69, 9.17) is 14.2 Å². The van der Waals surface area contributed by atoms with Gasteiger partial charge in [-0.15, -0.1) is 0 Å². The molecule has 3 heteroatoms. The Morgan fingerprint density at radius 3 is 1.21 bits per heavy atom. The Kier molecular flexibility index (Phi) is 9.49. The summed E-state index contributed by atoms with van der Waals surface area (Å²) in [4.78, 5) is 0. The molecule has 0 aromatic carbocycles. The van der Waals surface area contributed by atoms with Crippen LogP contribution in [0.4, 0.5) is 0 Å². The summed E-state index contributed by atoms with van der Waals surface area (Å²) in [6.07, 6.45) is 2.13. The summed E-state index contributed by atoms with van der Waals surface area (Å²) in [5, 5.41) is 0. The highest BCUT2D eigenvalue weighted by Gasteiger charge is 2.28. The highest BCUT2D eigenvalue weighted by Crippen LogP contribution is 2.24. The van der Waals surface area contributed by atoms with Gasteiger partial charge in [-0.1, -0.05) is 48.5 Å². The van der Waals surface area contributed by atoms with Gasteiger partial charge in [0.2, 0.25) is 0 Å². The van der Waals surface area contributed by atoms with Gasteiger partial charge < -0.3 is 14.2 Å². The molecule has 0 spiro atoms. The van der Waals surface area contributed by atoms with Crippen LogP contribution in [0.1, 0.15) is 82.1 Å². The van der Waals surface area contributed by atoms with E-state index < -0.39 is 0 Å². The smallest absolute Gasteiger partial charge is 0.0598 e. The summed E-state index contributed by atoms with van der Waals surface area (Å²) in [6.45, 7) is 25.5. The van der Waals surface area contributed by atoms with Crippen molar-refractivity contribution in [2.45, 2.75) is 87.7 Å². The fraction of sp³-hybridized carbons (Fsp3) is 1.00. The van der Waals surface area contributed by atoms with Crippen molar-refractivity contribution in [3.05, 3.63) is 0 Å². The van der Waals surface area contributed by atoms with Crippen molar-refractivity contribution in [3.63, 3.8) is 0 Å². The quantitative estimate of drug-likeness (QED) is 0.475. The molecule has 0 fully saturated rings. The van der Waals surface area contributed by atoms with Crippen LogP contribution in [0.2, 0.25) is 0 Å². The topological polar surface area (TPSA) is 27.7 Å². The van der Waals surface area contributed by atoms with Gasteiger partial charge in [-0.3, -0.25) is 0 Å². The molecule has 0 radical (unpaired) electrons. The zero-order valence-electron chi connectivity index (χ0n) is 18.2. The molecule has 0 aliphatic rings. The number of hydrogen-bond acceptors (Lipinski definition) is 3. The molecule has 24 heavy (non-hydrogen) atoms. The fourth-order valence-electron chi connectivity index (χ4n) is 1.91. The van der Waals surface area contributed by atoms with Gasteiger partial charge in [-0.2, -0.15) is 0 Å². The lowest BCUT2D eigenvalue weighted by atomic mass is 9.91. The molecule has 0 saturated heterocycles. The number of rotatable bonds is 10. The van der Waals surface area contributed by atoms with Crippen molar-refractivity contribution in [1.29, 1.82) is 0 Å². The first-order chi connectivity index (χ1) is 10.6. The Hall–Kier alpha value is -0.120. The van der Waals surface area contributed by atoms with Crippen LogP contribution in [-0.2, 0) is 14.2 Å². The van der Waals surface area contributed by atoms with Gasteiger partial charge in [0.25, 0.3) is 0 Å². The zero-order valence-corrected chi connectivity index (χ0v) is 18.2. The van der Waals surface area contributed by atoms with E-state index in [2.05, 4.69) is 69.2 Å². The summed E-state index contributed by atoms with van der Waals surface area (Å²) < 4.78 is 18.0. The maximum absolute atomic E-state index is 6.03. The van der Waals surface area contributed by atoms with Gasteiger partial charge >= 0.3 is 0 Å².